The van der Waals surface area contributed by atoms with Crippen LogP contribution in [0.15, 0.2) is 53.7 Å². The van der Waals surface area contributed by atoms with Crippen LogP contribution in [-0.2, 0) is 10.0 Å². The Morgan fingerprint density at radius 1 is 1.20 bits per heavy atom. The summed E-state index contributed by atoms with van der Waals surface area (Å²) in [5.41, 5.74) is 6.92. The summed E-state index contributed by atoms with van der Waals surface area (Å²) >= 11 is 0. The van der Waals surface area contributed by atoms with Crippen molar-refractivity contribution >= 4 is 27.6 Å². The molecule has 11 heteroatoms. The second kappa shape index (κ2) is 9.14. The number of nitrogen functional groups attached to an aromatic ring is 1. The van der Waals surface area contributed by atoms with Gasteiger partial charge in [-0.3, -0.25) is 4.79 Å². The van der Waals surface area contributed by atoms with Crippen LogP contribution in [0.4, 0.5) is 11.6 Å². The van der Waals surface area contributed by atoms with E-state index in [-0.39, 0.29) is 21.8 Å². The smallest absolute Gasteiger partial charge is 0.268 e. The standard InChI is InChI=1S/C24H28N6O4S/c1-15-12-24(2,3)30(14-15)22-17(8-9-18(28-22)16-7-10-20(34-4)27-13-16)23(31)29-35(32,33)19-6-5-11-26-21(19)25/h5-11,13,15H,12,14H2,1-4H3,(H2,25,26)(H,29,31)/t15-/m0/s1. The van der Waals surface area contributed by atoms with Crippen LogP contribution in [0.3, 0.4) is 0 Å². The number of carbonyl (C=O) groups is 1. The number of aromatic nitrogens is 3. The molecule has 0 saturated carbocycles. The molecule has 1 saturated heterocycles. The molecule has 0 aliphatic carbocycles. The minimum atomic E-state index is -4.25. The Kier molecular flexibility index (Phi) is 6.37. The monoisotopic (exact) mass is 496 g/mol. The fraction of sp³-hybridized carbons (Fsp3) is 0.333. The molecule has 184 valence electrons. The molecule has 0 unspecified atom stereocenters. The van der Waals surface area contributed by atoms with Crippen molar-refractivity contribution in [1.82, 2.24) is 19.7 Å². The van der Waals surface area contributed by atoms with E-state index in [1.165, 1.54) is 25.4 Å². The maximum Gasteiger partial charge on any atom is 0.268 e. The first-order valence-corrected chi connectivity index (χ1v) is 12.6. The molecule has 1 amide bonds. The number of nitrogens with one attached hydrogen (secondary N) is 1. The summed E-state index contributed by atoms with van der Waals surface area (Å²) in [5.74, 6) is 0.250. The minimum absolute atomic E-state index is 0.142. The van der Waals surface area contributed by atoms with Gasteiger partial charge in [0.05, 0.1) is 18.4 Å². The number of nitrogens with two attached hydrogens (primary N) is 1. The summed E-state index contributed by atoms with van der Waals surface area (Å²) < 4.78 is 33.0. The van der Waals surface area contributed by atoms with Gasteiger partial charge in [0, 0.05) is 36.1 Å². The number of nitrogens with zero attached hydrogens (tertiary/aromatic N) is 4. The molecule has 1 fully saturated rings. The van der Waals surface area contributed by atoms with Crippen molar-refractivity contribution in [2.45, 2.75) is 37.6 Å². The number of rotatable bonds is 6. The number of methoxy groups -OCH3 is 1. The highest BCUT2D eigenvalue weighted by Gasteiger charge is 2.39. The Bertz CT molecular complexity index is 1360. The Morgan fingerprint density at radius 2 is 1.97 bits per heavy atom. The fourth-order valence-electron chi connectivity index (χ4n) is 4.47. The van der Waals surface area contributed by atoms with Crippen molar-refractivity contribution in [3.8, 4) is 17.1 Å². The van der Waals surface area contributed by atoms with Gasteiger partial charge in [0.15, 0.2) is 0 Å². The Labute approximate surface area is 204 Å². The van der Waals surface area contributed by atoms with Gasteiger partial charge >= 0.3 is 0 Å². The molecule has 0 spiro atoms. The number of pyridine rings is 3. The second-order valence-electron chi connectivity index (χ2n) is 9.21. The molecule has 4 heterocycles. The summed E-state index contributed by atoms with van der Waals surface area (Å²) in [7, 11) is -2.71. The zero-order valence-corrected chi connectivity index (χ0v) is 20.8. The Balaban J connectivity index is 1.77. The molecule has 4 rings (SSSR count). The lowest BCUT2D eigenvalue weighted by Crippen LogP contribution is -2.41. The molecule has 0 bridgehead atoms. The third-order valence-electron chi connectivity index (χ3n) is 6.01. The summed E-state index contributed by atoms with van der Waals surface area (Å²) in [5, 5.41) is 0. The predicted octanol–water partition coefficient (Wildman–Crippen LogP) is 2.87. The maximum absolute atomic E-state index is 13.3. The van der Waals surface area contributed by atoms with Gasteiger partial charge in [-0.25, -0.2) is 28.1 Å². The van der Waals surface area contributed by atoms with Crippen molar-refractivity contribution in [1.29, 1.82) is 0 Å². The van der Waals surface area contributed by atoms with Crippen molar-refractivity contribution < 1.29 is 17.9 Å². The molecule has 0 radical (unpaired) electrons. The first-order chi connectivity index (χ1) is 16.5. The van der Waals surface area contributed by atoms with Crippen LogP contribution in [0, 0.1) is 5.92 Å². The Hall–Kier alpha value is -3.73. The quantitative estimate of drug-likeness (QED) is 0.527. The van der Waals surface area contributed by atoms with Gasteiger partial charge in [-0.1, -0.05) is 6.92 Å². The molecule has 3 aromatic rings. The molecular weight excluding hydrogens is 468 g/mol. The predicted molar refractivity (Wildman–Crippen MR) is 133 cm³/mol. The largest absolute Gasteiger partial charge is 0.481 e. The first-order valence-electron chi connectivity index (χ1n) is 11.1. The third-order valence-corrected chi connectivity index (χ3v) is 7.38. The maximum atomic E-state index is 13.3. The molecule has 35 heavy (non-hydrogen) atoms. The van der Waals surface area contributed by atoms with E-state index in [2.05, 4.69) is 40.4 Å². The van der Waals surface area contributed by atoms with Crippen LogP contribution in [0.2, 0.25) is 0 Å². The normalized spacial score (nSPS) is 17.3. The summed E-state index contributed by atoms with van der Waals surface area (Å²) in [4.78, 5) is 27.9. The zero-order chi connectivity index (χ0) is 25.4. The van der Waals surface area contributed by atoms with E-state index < -0.39 is 15.9 Å². The van der Waals surface area contributed by atoms with Crippen LogP contribution < -0.4 is 20.1 Å². The van der Waals surface area contributed by atoms with Gasteiger partial charge in [0.2, 0.25) is 5.88 Å². The first kappa shape index (κ1) is 24.4. The number of hydrogen-bond donors (Lipinski definition) is 2. The van der Waals surface area contributed by atoms with E-state index in [4.69, 9.17) is 15.5 Å². The van der Waals surface area contributed by atoms with Gasteiger partial charge in [-0.15, -0.1) is 0 Å². The highest BCUT2D eigenvalue weighted by atomic mass is 32.2. The third kappa shape index (κ3) is 4.90. The van der Waals surface area contributed by atoms with Crippen LogP contribution in [0.1, 0.15) is 37.6 Å². The van der Waals surface area contributed by atoms with Crippen molar-refractivity contribution in [3.05, 3.63) is 54.4 Å². The van der Waals surface area contributed by atoms with Gasteiger partial charge < -0.3 is 15.4 Å². The van der Waals surface area contributed by atoms with Crippen LogP contribution in [0.25, 0.3) is 11.3 Å². The lowest BCUT2D eigenvalue weighted by atomic mass is 9.97. The number of carbonyl (C=O) groups excluding carboxylic acids is 1. The van der Waals surface area contributed by atoms with Crippen LogP contribution >= 0.6 is 0 Å². The number of ether oxygens (including phenoxy) is 1. The number of amides is 1. The molecule has 1 aliphatic rings. The van der Waals surface area contributed by atoms with Crippen molar-refractivity contribution in [2.75, 3.05) is 24.3 Å². The highest BCUT2D eigenvalue weighted by Crippen LogP contribution is 2.38. The van der Waals surface area contributed by atoms with E-state index in [9.17, 15) is 13.2 Å². The lowest BCUT2D eigenvalue weighted by Gasteiger charge is -2.34. The average molecular weight is 497 g/mol. The van der Waals surface area contributed by atoms with Gasteiger partial charge in [0.25, 0.3) is 15.9 Å². The highest BCUT2D eigenvalue weighted by molar-refractivity contribution is 7.90. The van der Waals surface area contributed by atoms with E-state index in [1.807, 2.05) is 6.07 Å². The lowest BCUT2D eigenvalue weighted by molar-refractivity contribution is 0.0981. The summed E-state index contributed by atoms with van der Waals surface area (Å²) in [6.07, 6.45) is 3.91. The molecule has 3 N–H and O–H groups in total. The number of sulfonamides is 1. The van der Waals surface area contributed by atoms with Crippen LogP contribution in [0.5, 0.6) is 5.88 Å². The van der Waals surface area contributed by atoms with E-state index in [0.29, 0.717) is 29.9 Å². The topological polar surface area (TPSA) is 140 Å². The molecule has 1 aliphatic heterocycles. The van der Waals surface area contributed by atoms with E-state index >= 15 is 0 Å². The minimum Gasteiger partial charge on any atom is -0.481 e. The number of anilines is 2. The molecule has 1 atom stereocenters. The second-order valence-corrected chi connectivity index (χ2v) is 10.9. The summed E-state index contributed by atoms with van der Waals surface area (Å²) in [6, 6.07) is 9.53. The zero-order valence-electron chi connectivity index (χ0n) is 20.0. The number of hydrogen-bond acceptors (Lipinski definition) is 9. The average Bonchev–Trinajstić information content (AvgIpc) is 3.10. The molecule has 3 aromatic heterocycles. The van der Waals surface area contributed by atoms with E-state index in [1.54, 1.807) is 24.4 Å². The fourth-order valence-corrected chi connectivity index (χ4v) is 5.52. The van der Waals surface area contributed by atoms with E-state index in [0.717, 1.165) is 12.0 Å². The van der Waals surface area contributed by atoms with Crippen molar-refractivity contribution in [3.63, 3.8) is 0 Å². The summed E-state index contributed by atoms with van der Waals surface area (Å²) in [6.45, 7) is 6.96. The molecule has 10 nitrogen and oxygen atoms in total. The molecular formula is C24H28N6O4S. The Morgan fingerprint density at radius 3 is 2.57 bits per heavy atom. The molecule has 0 aromatic carbocycles. The van der Waals surface area contributed by atoms with Gasteiger partial charge in [0.1, 0.15) is 16.5 Å². The SMILES string of the molecule is COc1ccc(-c2ccc(C(=O)NS(=O)(=O)c3cccnc3N)c(N3C[C@@H](C)CC3(C)C)n2)cn1. The van der Waals surface area contributed by atoms with Crippen LogP contribution in [-0.4, -0.2) is 48.5 Å². The van der Waals surface area contributed by atoms with Gasteiger partial charge in [-0.05, 0) is 56.5 Å². The van der Waals surface area contributed by atoms with Crippen molar-refractivity contribution in [2.24, 2.45) is 5.92 Å². The van der Waals surface area contributed by atoms with Gasteiger partial charge in [-0.2, -0.15) is 0 Å².